The van der Waals surface area contributed by atoms with Gasteiger partial charge in [0, 0.05) is 25.4 Å². The predicted octanol–water partition coefficient (Wildman–Crippen LogP) is 4.38. The fourth-order valence-corrected chi connectivity index (χ4v) is 8.75. The number of sulfone groups is 1. The summed E-state index contributed by atoms with van der Waals surface area (Å²) in [6.07, 6.45) is 3.55. The molecule has 0 radical (unpaired) electrons. The third kappa shape index (κ3) is 5.80. The van der Waals surface area contributed by atoms with E-state index in [0.29, 0.717) is 31.4 Å². The van der Waals surface area contributed by atoms with Crippen LogP contribution in [0.3, 0.4) is 0 Å². The number of para-hydroxylation sites is 1. The number of benzene rings is 2. The van der Waals surface area contributed by atoms with E-state index >= 15 is 0 Å². The number of piperidine rings is 1. The van der Waals surface area contributed by atoms with Gasteiger partial charge in [-0.25, -0.2) is 18.9 Å². The van der Waals surface area contributed by atoms with Crippen LogP contribution in [0.4, 0.5) is 0 Å². The molecule has 1 aromatic heterocycles. The molecule has 1 amide bonds. The molecule has 2 aromatic carbocycles. The van der Waals surface area contributed by atoms with E-state index < -0.39 is 20.5 Å². The molecule has 0 atom stereocenters. The maximum absolute atomic E-state index is 13.6. The minimum Gasteiger partial charge on any atom is -0.494 e. The van der Waals surface area contributed by atoms with E-state index in [1.54, 1.807) is 40.7 Å². The number of likely N-dealkylation sites (tertiary alicyclic amines) is 1. The quantitative estimate of drug-likeness (QED) is 0.154. The number of amides is 1. The smallest absolute Gasteiger partial charge is 0.265 e. The number of nitrogens with one attached hydrogen (secondary N) is 1. The minimum atomic E-state index is -4.02. The molecule has 2 aliphatic rings. The summed E-state index contributed by atoms with van der Waals surface area (Å²) in [5, 5.41) is 9.38. The number of carbonyl (C=O) groups excluding carboxylic acids is 1. The highest BCUT2D eigenvalue weighted by atomic mass is 32.2. The monoisotopic (exact) mass is 561 g/mol. The summed E-state index contributed by atoms with van der Waals surface area (Å²) < 4.78 is 33.6. The molecule has 0 bridgehead atoms. The van der Waals surface area contributed by atoms with Crippen LogP contribution in [0.5, 0.6) is 5.75 Å². The van der Waals surface area contributed by atoms with E-state index in [4.69, 9.17) is 4.74 Å². The Morgan fingerprint density at radius 1 is 1.16 bits per heavy atom. The predicted molar refractivity (Wildman–Crippen MR) is 145 cm³/mol. The molecule has 0 spiro atoms. The summed E-state index contributed by atoms with van der Waals surface area (Å²) in [5.74, 6) is 1.27. The highest BCUT2D eigenvalue weighted by Crippen LogP contribution is 2.38. The minimum absolute atomic E-state index is 0.0606. The van der Waals surface area contributed by atoms with Crippen LogP contribution in [0.1, 0.15) is 32.1 Å². The van der Waals surface area contributed by atoms with E-state index in [1.807, 2.05) is 18.2 Å². The number of thiazole rings is 1. The fourth-order valence-electron chi connectivity index (χ4n) is 4.74. The Labute approximate surface area is 225 Å². The van der Waals surface area contributed by atoms with E-state index in [1.165, 1.54) is 29.7 Å². The van der Waals surface area contributed by atoms with Gasteiger partial charge >= 0.3 is 0 Å². The van der Waals surface area contributed by atoms with Crippen molar-refractivity contribution in [2.45, 2.75) is 46.1 Å². The Kier molecular flexibility index (Phi) is 8.06. The van der Waals surface area contributed by atoms with Crippen LogP contribution < -0.4 is 10.2 Å². The number of carbonyl (C=O) groups is 1. The van der Waals surface area contributed by atoms with Crippen LogP contribution in [-0.4, -0.2) is 66.2 Å². The molecule has 8 nitrogen and oxygen atoms in total. The maximum atomic E-state index is 13.6. The van der Waals surface area contributed by atoms with Gasteiger partial charge < -0.3 is 9.64 Å². The van der Waals surface area contributed by atoms with E-state index in [2.05, 4.69) is 16.0 Å². The first-order chi connectivity index (χ1) is 17.9. The van der Waals surface area contributed by atoms with Crippen LogP contribution in [0.2, 0.25) is 0 Å². The lowest BCUT2D eigenvalue weighted by atomic mass is 9.94. The van der Waals surface area contributed by atoms with Crippen molar-refractivity contribution in [3.63, 3.8) is 0 Å². The lowest BCUT2D eigenvalue weighted by Crippen LogP contribution is -2.57. The van der Waals surface area contributed by atoms with Crippen molar-refractivity contribution >= 4 is 49.1 Å². The second-order valence-corrected chi connectivity index (χ2v) is 14.3. The number of hydrogen-bond acceptors (Lipinski definition) is 9. The SMILES string of the molecule is O=C(NO)C1(S(=O)(=O)c2ccc(OCCCSc3nc4ccccc4s3)cc2)CCN(CC2CC2)CC1. The number of aromatic nitrogens is 1. The van der Waals surface area contributed by atoms with Crippen LogP contribution in [0.15, 0.2) is 57.8 Å². The number of hydroxylamine groups is 1. The topological polar surface area (TPSA) is 109 Å². The van der Waals surface area contributed by atoms with Crippen LogP contribution in [0.25, 0.3) is 10.2 Å². The van der Waals surface area contributed by atoms with Crippen LogP contribution in [-0.2, 0) is 14.6 Å². The van der Waals surface area contributed by atoms with E-state index in [9.17, 15) is 18.4 Å². The van der Waals surface area contributed by atoms with Crippen molar-refractivity contribution in [3.8, 4) is 5.75 Å². The van der Waals surface area contributed by atoms with Gasteiger partial charge in [0.05, 0.1) is 21.7 Å². The molecule has 11 heteroatoms. The fraction of sp³-hybridized carbons (Fsp3) is 0.462. The second-order valence-electron chi connectivity index (χ2n) is 9.65. The summed E-state index contributed by atoms with van der Waals surface area (Å²) in [6, 6.07) is 14.3. The number of fused-ring (bicyclic) bond motifs is 1. The molecule has 0 unspecified atom stereocenters. The molecule has 5 rings (SSSR count). The van der Waals surface area contributed by atoms with E-state index in [-0.39, 0.29) is 17.7 Å². The molecule has 2 fully saturated rings. The van der Waals surface area contributed by atoms with Gasteiger partial charge in [-0.1, -0.05) is 23.9 Å². The number of rotatable bonds is 11. The van der Waals surface area contributed by atoms with Gasteiger partial charge in [-0.3, -0.25) is 10.0 Å². The molecular formula is C26H31N3O5S3. The largest absolute Gasteiger partial charge is 0.494 e. The van der Waals surface area contributed by atoms with Gasteiger partial charge in [-0.05, 0) is 74.4 Å². The first-order valence-electron chi connectivity index (χ1n) is 12.5. The molecule has 3 aromatic rings. The normalized spacial score (nSPS) is 18.1. The molecular weight excluding hydrogens is 531 g/mol. The summed E-state index contributed by atoms with van der Waals surface area (Å²) in [6.45, 7) is 2.47. The summed E-state index contributed by atoms with van der Waals surface area (Å²) in [5.41, 5.74) is 2.64. The number of nitrogens with zero attached hydrogens (tertiary/aromatic N) is 2. The average Bonchev–Trinajstić information content (AvgIpc) is 3.64. The van der Waals surface area contributed by atoms with Crippen molar-refractivity contribution in [3.05, 3.63) is 48.5 Å². The number of ether oxygens (including phenoxy) is 1. The van der Waals surface area contributed by atoms with Crippen LogP contribution in [0, 0.1) is 5.92 Å². The van der Waals surface area contributed by atoms with Crippen molar-refractivity contribution in [1.82, 2.24) is 15.4 Å². The third-order valence-electron chi connectivity index (χ3n) is 7.10. The van der Waals surface area contributed by atoms with Gasteiger partial charge in [0.1, 0.15) is 5.75 Å². The highest BCUT2D eigenvalue weighted by molar-refractivity contribution is 8.01. The Hall–Kier alpha value is -2.18. The summed E-state index contributed by atoms with van der Waals surface area (Å²) in [7, 11) is -4.02. The summed E-state index contributed by atoms with van der Waals surface area (Å²) >= 11 is 3.38. The first kappa shape index (κ1) is 26.4. The van der Waals surface area contributed by atoms with Crippen molar-refractivity contribution in [1.29, 1.82) is 0 Å². The highest BCUT2D eigenvalue weighted by Gasteiger charge is 2.53. The van der Waals surface area contributed by atoms with Crippen molar-refractivity contribution in [2.75, 3.05) is 32.0 Å². The van der Waals surface area contributed by atoms with Gasteiger partial charge in [-0.15, -0.1) is 11.3 Å². The number of hydrogen-bond donors (Lipinski definition) is 2. The Morgan fingerprint density at radius 2 is 1.89 bits per heavy atom. The average molecular weight is 562 g/mol. The zero-order chi connectivity index (χ0) is 25.9. The zero-order valence-corrected chi connectivity index (χ0v) is 22.9. The standard InChI is InChI=1S/C26H31N3O5S3/c30-24(28-31)26(12-14-29(15-13-26)18-19-6-7-19)37(32,33)21-10-8-20(9-11-21)34-16-3-17-35-25-27-22-4-1-2-5-23(22)36-25/h1-2,4-5,8-11,19,31H,3,6-7,12-18H2,(H,28,30). The van der Waals surface area contributed by atoms with Gasteiger partial charge in [0.25, 0.3) is 5.91 Å². The number of thioether (sulfide) groups is 1. The molecule has 1 aliphatic heterocycles. The molecule has 1 aliphatic carbocycles. The lowest BCUT2D eigenvalue weighted by Gasteiger charge is -2.39. The van der Waals surface area contributed by atoms with Gasteiger partial charge in [-0.2, -0.15) is 0 Å². The first-order valence-corrected chi connectivity index (χ1v) is 15.8. The van der Waals surface area contributed by atoms with E-state index in [0.717, 1.165) is 28.6 Å². The van der Waals surface area contributed by atoms with Gasteiger partial charge in [0.2, 0.25) is 0 Å². The van der Waals surface area contributed by atoms with Crippen molar-refractivity contribution in [2.24, 2.45) is 5.92 Å². The van der Waals surface area contributed by atoms with Crippen LogP contribution >= 0.6 is 23.1 Å². The lowest BCUT2D eigenvalue weighted by molar-refractivity contribution is -0.133. The molecule has 198 valence electrons. The molecule has 37 heavy (non-hydrogen) atoms. The molecule has 2 N–H and O–H groups in total. The maximum Gasteiger partial charge on any atom is 0.265 e. The Bertz CT molecular complexity index is 1300. The van der Waals surface area contributed by atoms with Gasteiger partial charge in [0.15, 0.2) is 18.9 Å². The zero-order valence-electron chi connectivity index (χ0n) is 20.5. The Balaban J connectivity index is 1.16. The molecule has 2 heterocycles. The van der Waals surface area contributed by atoms with Crippen molar-refractivity contribution < 1.29 is 23.2 Å². The molecule has 1 saturated heterocycles. The molecule has 1 saturated carbocycles. The Morgan fingerprint density at radius 3 is 2.57 bits per heavy atom. The third-order valence-corrected chi connectivity index (χ3v) is 11.9. The summed E-state index contributed by atoms with van der Waals surface area (Å²) in [4.78, 5) is 19.6. The second kappa shape index (κ2) is 11.3.